The number of ether oxygens (including phenoxy) is 2. The number of anilines is 1. The maximum atomic E-state index is 15.2. The van der Waals surface area contributed by atoms with Gasteiger partial charge in [0.05, 0.1) is 37.0 Å². The fraction of sp³-hybridized carbons (Fsp3) is 0.320. The van der Waals surface area contributed by atoms with Crippen LogP contribution in [0.1, 0.15) is 28.6 Å². The minimum Gasteiger partial charge on any atom is -0.378 e. The van der Waals surface area contributed by atoms with Gasteiger partial charge in [0.1, 0.15) is 17.6 Å². The van der Waals surface area contributed by atoms with Crippen molar-refractivity contribution in [1.82, 2.24) is 19.4 Å². The molecule has 5 heterocycles. The van der Waals surface area contributed by atoms with Crippen molar-refractivity contribution >= 4 is 22.7 Å². The number of nitrogens with zero attached hydrogens (tertiary/aromatic N) is 5. The standard InChI is InChI=1S/C25H24FN5O4S/c26-20-11-22-29-21-5-8-35-24(17-3-1-16(2-4-17)15-36(32)33)23(21)31(22)14-19(20)18-12-27-25(28-13-18)30-6-9-34-10-7-30/h1-4,11-14,24H,5-10,15H2,(H,32,33). The third-order valence-corrected chi connectivity index (χ3v) is 7.09. The highest BCUT2D eigenvalue weighted by molar-refractivity contribution is 7.78. The Morgan fingerprint density at radius 3 is 2.58 bits per heavy atom. The molecule has 36 heavy (non-hydrogen) atoms. The van der Waals surface area contributed by atoms with E-state index in [-0.39, 0.29) is 5.75 Å². The molecule has 2 atom stereocenters. The van der Waals surface area contributed by atoms with Crippen LogP contribution in [0.15, 0.2) is 48.9 Å². The lowest BCUT2D eigenvalue weighted by Gasteiger charge is -2.26. The molecule has 11 heteroatoms. The molecule has 2 unspecified atom stereocenters. The summed E-state index contributed by atoms with van der Waals surface area (Å²) in [6.45, 7) is 3.21. The van der Waals surface area contributed by atoms with Gasteiger partial charge in [0.2, 0.25) is 5.95 Å². The van der Waals surface area contributed by atoms with Crippen LogP contribution < -0.4 is 4.90 Å². The van der Waals surface area contributed by atoms with Gasteiger partial charge in [-0.2, -0.15) is 0 Å². The first kappa shape index (κ1) is 23.2. The molecule has 1 fully saturated rings. The second-order valence-corrected chi connectivity index (χ2v) is 9.72. The number of morpholine rings is 1. The molecule has 0 radical (unpaired) electrons. The van der Waals surface area contributed by atoms with E-state index in [0.29, 0.717) is 49.0 Å². The van der Waals surface area contributed by atoms with E-state index in [4.69, 9.17) is 14.0 Å². The van der Waals surface area contributed by atoms with E-state index in [0.717, 1.165) is 35.6 Å². The maximum absolute atomic E-state index is 15.2. The van der Waals surface area contributed by atoms with Gasteiger partial charge in [0, 0.05) is 55.3 Å². The van der Waals surface area contributed by atoms with Gasteiger partial charge in [-0.3, -0.25) is 4.40 Å². The molecule has 0 aliphatic carbocycles. The van der Waals surface area contributed by atoms with Gasteiger partial charge in [-0.15, -0.1) is 0 Å². The number of rotatable bonds is 5. The van der Waals surface area contributed by atoms with Crippen molar-refractivity contribution < 1.29 is 22.6 Å². The predicted molar refractivity (Wildman–Crippen MR) is 132 cm³/mol. The second kappa shape index (κ2) is 9.66. The van der Waals surface area contributed by atoms with Crippen molar-refractivity contribution in [2.45, 2.75) is 18.3 Å². The molecule has 2 aliphatic rings. The second-order valence-electron chi connectivity index (χ2n) is 8.79. The molecule has 4 aromatic rings. The molecule has 0 bridgehead atoms. The molecule has 0 spiro atoms. The Morgan fingerprint density at radius 1 is 1.11 bits per heavy atom. The Hall–Kier alpha value is -3.25. The molecule has 1 N–H and O–H groups in total. The van der Waals surface area contributed by atoms with Crippen LogP contribution in [0.5, 0.6) is 0 Å². The predicted octanol–water partition coefficient (Wildman–Crippen LogP) is 3.15. The van der Waals surface area contributed by atoms with Crippen molar-refractivity contribution in [3.8, 4) is 11.1 Å². The fourth-order valence-corrected chi connectivity index (χ4v) is 5.21. The molecule has 2 aliphatic heterocycles. The van der Waals surface area contributed by atoms with Gasteiger partial charge in [-0.25, -0.2) is 23.6 Å². The van der Waals surface area contributed by atoms with E-state index in [2.05, 4.69) is 15.0 Å². The number of halogens is 1. The van der Waals surface area contributed by atoms with Gasteiger partial charge in [0.25, 0.3) is 0 Å². The Labute approximate surface area is 209 Å². The first-order valence-corrected chi connectivity index (χ1v) is 13.0. The lowest BCUT2D eigenvalue weighted by molar-refractivity contribution is 0.0654. The number of hydrogen-bond donors (Lipinski definition) is 1. The molecule has 1 aromatic carbocycles. The molecule has 186 valence electrons. The SMILES string of the molecule is O=S(O)Cc1ccc(C2OCCc3nc4cc(F)c(-c5cnc(N6CCOCC6)nc5)cn4c32)cc1. The van der Waals surface area contributed by atoms with Crippen LogP contribution in [0.2, 0.25) is 0 Å². The van der Waals surface area contributed by atoms with E-state index in [1.807, 2.05) is 33.6 Å². The number of aromatic nitrogens is 4. The Bertz CT molecular complexity index is 1420. The fourth-order valence-electron chi connectivity index (χ4n) is 4.73. The summed E-state index contributed by atoms with van der Waals surface area (Å²) in [6.07, 6.45) is 5.25. The summed E-state index contributed by atoms with van der Waals surface area (Å²) in [6, 6.07) is 8.86. The molecule has 9 nitrogen and oxygen atoms in total. The number of benzene rings is 1. The first-order chi connectivity index (χ1) is 17.6. The number of hydrogen-bond acceptors (Lipinski definition) is 7. The van der Waals surface area contributed by atoms with E-state index >= 15 is 4.39 Å². The molecular weight excluding hydrogens is 485 g/mol. The van der Waals surface area contributed by atoms with Gasteiger partial charge >= 0.3 is 0 Å². The summed E-state index contributed by atoms with van der Waals surface area (Å²) in [5, 5.41) is 0. The highest BCUT2D eigenvalue weighted by Gasteiger charge is 2.28. The van der Waals surface area contributed by atoms with Crippen LogP contribution in [0.4, 0.5) is 10.3 Å². The Kier molecular flexibility index (Phi) is 6.22. The average Bonchev–Trinajstić information content (AvgIpc) is 3.26. The quantitative estimate of drug-likeness (QED) is 0.410. The van der Waals surface area contributed by atoms with Crippen molar-refractivity contribution in [2.24, 2.45) is 0 Å². The summed E-state index contributed by atoms with van der Waals surface area (Å²) >= 11 is -1.90. The smallest absolute Gasteiger partial charge is 0.225 e. The van der Waals surface area contributed by atoms with E-state index in [1.165, 1.54) is 6.07 Å². The van der Waals surface area contributed by atoms with Gasteiger partial charge in [-0.1, -0.05) is 24.3 Å². The maximum Gasteiger partial charge on any atom is 0.225 e. The van der Waals surface area contributed by atoms with Crippen molar-refractivity contribution in [2.75, 3.05) is 37.8 Å². The molecule has 6 rings (SSSR count). The van der Waals surface area contributed by atoms with Crippen LogP contribution in [-0.2, 0) is 32.7 Å². The monoisotopic (exact) mass is 509 g/mol. The number of pyridine rings is 1. The minimum atomic E-state index is -1.90. The van der Waals surface area contributed by atoms with Crippen molar-refractivity contribution in [1.29, 1.82) is 0 Å². The zero-order valence-corrected chi connectivity index (χ0v) is 20.2. The number of imidazole rings is 1. The minimum absolute atomic E-state index is 0.0711. The third kappa shape index (κ3) is 4.39. The molecule has 0 saturated carbocycles. The first-order valence-electron chi connectivity index (χ1n) is 11.7. The zero-order valence-electron chi connectivity index (χ0n) is 19.3. The Morgan fingerprint density at radius 2 is 1.86 bits per heavy atom. The zero-order chi connectivity index (χ0) is 24.6. The van der Waals surface area contributed by atoms with Crippen LogP contribution in [-0.4, -0.2) is 61.0 Å². The van der Waals surface area contributed by atoms with Crippen LogP contribution in [0.3, 0.4) is 0 Å². The van der Waals surface area contributed by atoms with Crippen LogP contribution >= 0.6 is 0 Å². The third-order valence-electron chi connectivity index (χ3n) is 6.51. The molecular formula is C25H24FN5O4S. The summed E-state index contributed by atoms with van der Waals surface area (Å²) in [4.78, 5) is 15.7. The highest BCUT2D eigenvalue weighted by atomic mass is 32.2. The normalized spacial score (nSPS) is 18.8. The van der Waals surface area contributed by atoms with Crippen molar-refractivity contribution in [3.05, 3.63) is 77.3 Å². The van der Waals surface area contributed by atoms with Crippen LogP contribution in [0.25, 0.3) is 16.8 Å². The van der Waals surface area contributed by atoms with Crippen LogP contribution in [0, 0.1) is 5.82 Å². The van der Waals surface area contributed by atoms with Crippen molar-refractivity contribution in [3.63, 3.8) is 0 Å². The summed E-state index contributed by atoms with van der Waals surface area (Å²) < 4.78 is 48.9. The van der Waals surface area contributed by atoms with Gasteiger partial charge < -0.3 is 18.9 Å². The molecule has 3 aromatic heterocycles. The summed E-state index contributed by atoms with van der Waals surface area (Å²) in [5.74, 6) is 0.277. The van der Waals surface area contributed by atoms with Gasteiger partial charge in [0.15, 0.2) is 11.1 Å². The number of fused-ring (bicyclic) bond motifs is 3. The van der Waals surface area contributed by atoms with E-state index < -0.39 is 23.0 Å². The summed E-state index contributed by atoms with van der Waals surface area (Å²) in [7, 11) is 0. The molecule has 0 amide bonds. The van der Waals surface area contributed by atoms with E-state index in [1.54, 1.807) is 18.6 Å². The Balaban J connectivity index is 1.36. The topological polar surface area (TPSA) is 102 Å². The summed E-state index contributed by atoms with van der Waals surface area (Å²) in [5.41, 5.74) is 4.83. The van der Waals surface area contributed by atoms with Gasteiger partial charge in [-0.05, 0) is 11.1 Å². The highest BCUT2D eigenvalue weighted by Crippen LogP contribution is 2.35. The largest absolute Gasteiger partial charge is 0.378 e. The lowest BCUT2D eigenvalue weighted by Crippen LogP contribution is -2.37. The molecule has 1 saturated heterocycles. The average molecular weight is 510 g/mol. The lowest BCUT2D eigenvalue weighted by atomic mass is 10.0. The van der Waals surface area contributed by atoms with E-state index in [9.17, 15) is 4.21 Å².